The van der Waals surface area contributed by atoms with Crippen LogP contribution in [0.15, 0.2) is 40.7 Å². The number of aromatic amines is 1. The maximum Gasteiger partial charge on any atom is 1.00 e. The van der Waals surface area contributed by atoms with Gasteiger partial charge in [0.15, 0.2) is 0 Å². The Morgan fingerprint density at radius 1 is 1.33 bits per heavy atom. The fourth-order valence-electron chi connectivity index (χ4n) is 3.93. The van der Waals surface area contributed by atoms with Gasteiger partial charge in [0.1, 0.15) is 11.4 Å². The number of tetrazole rings is 1. The number of carbonyl (C=O) groups is 4. The minimum absolute atomic E-state index is 0. The van der Waals surface area contributed by atoms with Crippen molar-refractivity contribution < 1.29 is 58.9 Å². The molecule has 1 fully saturated rings. The van der Waals surface area contributed by atoms with Crippen molar-refractivity contribution in [2.24, 2.45) is 5.73 Å². The molecule has 0 spiro atoms. The van der Waals surface area contributed by atoms with Crippen LogP contribution in [0.3, 0.4) is 0 Å². The summed E-state index contributed by atoms with van der Waals surface area (Å²) in [5, 5.41) is 35.9. The van der Waals surface area contributed by atoms with E-state index in [0.29, 0.717) is 0 Å². The third-order valence-electron chi connectivity index (χ3n) is 5.52. The third kappa shape index (κ3) is 5.92. The number of carbonyl (C=O) groups excluding carboxylic acids is 3. The van der Waals surface area contributed by atoms with E-state index < -0.39 is 46.8 Å². The molecule has 2 aromatic rings. The second-order valence-corrected chi connectivity index (χ2v) is 9.94. The summed E-state index contributed by atoms with van der Waals surface area (Å²) in [5.41, 5.74) is 7.08. The molecular formula is C20H20N7NaO6S2. The summed E-state index contributed by atoms with van der Waals surface area (Å²) >= 11 is 2.15. The molecule has 1 aromatic carbocycles. The van der Waals surface area contributed by atoms with Crippen molar-refractivity contribution in [1.82, 2.24) is 30.8 Å². The largest absolute Gasteiger partial charge is 1.00 e. The predicted molar refractivity (Wildman–Crippen MR) is 121 cm³/mol. The first-order valence-corrected chi connectivity index (χ1v) is 12.3. The maximum atomic E-state index is 12.9. The van der Waals surface area contributed by atoms with Crippen LogP contribution in [0.5, 0.6) is 0 Å². The van der Waals surface area contributed by atoms with E-state index in [0.717, 1.165) is 27.8 Å². The fraction of sp³-hybridized carbons (Fsp3) is 0.350. The number of nitrogens with one attached hydrogen (secondary N) is 2. The molecule has 2 aliphatic heterocycles. The number of aliphatic carboxylic acids is 2. The van der Waals surface area contributed by atoms with Crippen LogP contribution >= 0.6 is 23.5 Å². The molecule has 2 amide bonds. The number of hydrogen-bond donors (Lipinski definition) is 4. The number of aromatic nitrogens is 4. The summed E-state index contributed by atoms with van der Waals surface area (Å²) in [6, 6.07) is 6.27. The first-order valence-electron chi connectivity index (χ1n) is 10.4. The quantitative estimate of drug-likeness (QED) is 0.127. The van der Waals surface area contributed by atoms with E-state index in [-0.39, 0.29) is 64.7 Å². The summed E-state index contributed by atoms with van der Waals surface area (Å²) in [7, 11) is 0. The van der Waals surface area contributed by atoms with Crippen molar-refractivity contribution in [2.75, 3.05) is 5.75 Å². The molecule has 2 unspecified atom stereocenters. The van der Waals surface area contributed by atoms with Crippen molar-refractivity contribution in [3.05, 3.63) is 46.7 Å². The molecule has 13 nitrogen and oxygen atoms in total. The number of H-pyrrole nitrogens is 1. The van der Waals surface area contributed by atoms with E-state index >= 15 is 0 Å². The van der Waals surface area contributed by atoms with Crippen molar-refractivity contribution in [2.45, 2.75) is 41.2 Å². The Morgan fingerprint density at radius 3 is 2.67 bits per heavy atom. The van der Waals surface area contributed by atoms with Crippen LogP contribution < -0.4 is 45.7 Å². The van der Waals surface area contributed by atoms with E-state index in [9.17, 15) is 29.4 Å². The molecular weight excluding hydrogens is 521 g/mol. The smallest absolute Gasteiger partial charge is 0.543 e. The van der Waals surface area contributed by atoms with Gasteiger partial charge in [-0.15, -0.1) is 22.0 Å². The zero-order valence-corrected chi connectivity index (χ0v) is 22.7. The van der Waals surface area contributed by atoms with E-state index in [1.165, 1.54) is 11.8 Å². The molecule has 0 saturated carbocycles. The molecule has 0 radical (unpaired) electrons. The SMILES string of the molecule is NCc1ccccc1CC(=O)NC1C(=O)N2C(C(=O)[O-])=C(C(CC(=O)O)Sc3nn[nH]n3)CS[C@@H]12.[Na+]. The summed E-state index contributed by atoms with van der Waals surface area (Å²) in [4.78, 5) is 50.1. The van der Waals surface area contributed by atoms with Crippen molar-refractivity contribution in [1.29, 1.82) is 0 Å². The summed E-state index contributed by atoms with van der Waals surface area (Å²) in [6.45, 7) is 0.264. The number of thioether (sulfide) groups is 2. The molecule has 16 heteroatoms. The van der Waals surface area contributed by atoms with Crippen molar-refractivity contribution >= 4 is 47.3 Å². The number of rotatable bonds is 10. The van der Waals surface area contributed by atoms with Gasteiger partial charge in [0.25, 0.3) is 5.91 Å². The van der Waals surface area contributed by atoms with Gasteiger partial charge in [0, 0.05) is 17.5 Å². The topological polar surface area (TPSA) is 207 Å². The van der Waals surface area contributed by atoms with E-state index in [1.807, 2.05) is 12.1 Å². The Labute approximate surface area is 235 Å². The Bertz CT molecular complexity index is 1190. The van der Waals surface area contributed by atoms with Gasteiger partial charge in [-0.25, -0.2) is 0 Å². The molecule has 0 aliphatic carbocycles. The van der Waals surface area contributed by atoms with Gasteiger partial charge in [0.2, 0.25) is 11.1 Å². The third-order valence-corrected chi connectivity index (χ3v) is 7.94. The number of carboxylic acids is 2. The second kappa shape index (κ2) is 12.2. The number of carboxylic acid groups (broad SMARTS) is 2. The van der Waals surface area contributed by atoms with Crippen LogP contribution in [0.25, 0.3) is 0 Å². The minimum Gasteiger partial charge on any atom is -0.543 e. The molecule has 2 aliphatic rings. The van der Waals surface area contributed by atoms with Gasteiger partial charge in [-0.3, -0.25) is 19.3 Å². The first-order chi connectivity index (χ1) is 16.8. The molecule has 0 bridgehead atoms. The Kier molecular flexibility index (Phi) is 9.54. The van der Waals surface area contributed by atoms with Gasteiger partial charge >= 0.3 is 35.5 Å². The van der Waals surface area contributed by atoms with Crippen molar-refractivity contribution in [3.63, 3.8) is 0 Å². The minimum atomic E-state index is -1.61. The number of hydrogen-bond acceptors (Lipinski definition) is 11. The fourth-order valence-corrected chi connectivity index (χ4v) is 6.46. The molecule has 4 rings (SSSR count). The second-order valence-electron chi connectivity index (χ2n) is 7.66. The molecule has 184 valence electrons. The number of nitrogens with two attached hydrogens (primary N) is 1. The standard InChI is InChI=1S/C20H21N7O6S2.Na/c21-7-10-4-2-1-3-9(10)5-13(28)22-15-17(31)27-16(19(32)33)11(8-34-18(15)27)12(6-14(29)30)35-20-23-25-26-24-20;/h1-4,12,15,18H,5-8,21H2,(H,22,28)(H,29,30)(H,32,33)(H,23,24,25,26);/q;+1/p-1/t12?,15?,18-;/m0./s1. The number of fused-ring (bicyclic) bond motifs is 1. The number of nitrogens with zero attached hydrogens (tertiary/aromatic N) is 4. The van der Waals surface area contributed by atoms with Crippen LogP contribution in [0, 0.1) is 0 Å². The van der Waals surface area contributed by atoms with Gasteiger partial charge in [-0.1, -0.05) is 36.0 Å². The average Bonchev–Trinajstić information content (AvgIpc) is 3.34. The summed E-state index contributed by atoms with van der Waals surface area (Å²) in [5.74, 6) is -3.67. The van der Waals surface area contributed by atoms with Gasteiger partial charge in [0.05, 0.1) is 24.5 Å². The van der Waals surface area contributed by atoms with Gasteiger partial charge in [-0.05, 0) is 21.9 Å². The van der Waals surface area contributed by atoms with Crippen molar-refractivity contribution in [3.8, 4) is 0 Å². The van der Waals surface area contributed by atoms with Gasteiger partial charge < -0.3 is 26.1 Å². The number of β-lactam (4-membered cyclic amide) rings is 1. The zero-order chi connectivity index (χ0) is 25.1. The van der Waals surface area contributed by atoms with E-state index in [2.05, 4.69) is 25.9 Å². The molecule has 3 atom stereocenters. The van der Waals surface area contributed by atoms with Crippen LogP contribution in [-0.2, 0) is 32.1 Å². The molecule has 3 heterocycles. The summed E-state index contributed by atoms with van der Waals surface area (Å²) < 4.78 is 0. The van der Waals surface area contributed by atoms with E-state index in [1.54, 1.807) is 12.1 Å². The van der Waals surface area contributed by atoms with Crippen LogP contribution in [0.2, 0.25) is 0 Å². The number of benzene rings is 1. The molecule has 1 saturated heterocycles. The zero-order valence-electron chi connectivity index (χ0n) is 19.0. The Hall–Kier alpha value is -2.43. The van der Waals surface area contributed by atoms with E-state index in [4.69, 9.17) is 5.73 Å². The maximum absolute atomic E-state index is 12.9. The predicted octanol–water partition coefficient (Wildman–Crippen LogP) is -4.76. The van der Waals surface area contributed by atoms with Crippen LogP contribution in [0.1, 0.15) is 17.5 Å². The van der Waals surface area contributed by atoms with Crippen LogP contribution in [0.4, 0.5) is 0 Å². The first kappa shape index (κ1) is 28.1. The average molecular weight is 542 g/mol. The molecule has 36 heavy (non-hydrogen) atoms. The summed E-state index contributed by atoms with van der Waals surface area (Å²) in [6.07, 6.45) is -0.412. The van der Waals surface area contributed by atoms with Crippen LogP contribution in [-0.4, -0.2) is 76.8 Å². The normalized spacial score (nSPS) is 19.6. The molecule has 5 N–H and O–H groups in total. The Balaban J connectivity index is 0.00000361. The number of amides is 2. The Morgan fingerprint density at radius 2 is 2.06 bits per heavy atom. The molecule has 1 aromatic heterocycles. The van der Waals surface area contributed by atoms with Gasteiger partial charge in [-0.2, -0.15) is 5.21 Å². The monoisotopic (exact) mass is 541 g/mol.